The topological polar surface area (TPSA) is 65.4 Å². The van der Waals surface area contributed by atoms with Crippen molar-refractivity contribution in [2.24, 2.45) is 5.92 Å². The second-order valence-corrected chi connectivity index (χ2v) is 7.12. The number of rotatable bonds is 8. The van der Waals surface area contributed by atoms with Crippen molar-refractivity contribution in [3.63, 3.8) is 0 Å². The number of nitrogens with one attached hydrogen (secondary N) is 1. The van der Waals surface area contributed by atoms with Crippen molar-refractivity contribution in [2.45, 2.75) is 50.7 Å². The molecule has 5 nitrogen and oxygen atoms in total. The third kappa shape index (κ3) is 4.07. The number of benzene rings is 1. The number of hydrogen-bond donors (Lipinski definition) is 1. The molecule has 0 saturated heterocycles. The SMILES string of the molecule is COc1ccc(CN(CC(=O)N[C@](C)(C#N)C2CC2)C2CC2)cc1. The molecule has 5 heteroatoms. The molecule has 128 valence electrons. The molecule has 3 rings (SSSR count). The highest BCUT2D eigenvalue weighted by Gasteiger charge is 2.43. The van der Waals surface area contributed by atoms with Gasteiger partial charge < -0.3 is 10.1 Å². The van der Waals surface area contributed by atoms with Crippen molar-refractivity contribution in [3.05, 3.63) is 29.8 Å². The van der Waals surface area contributed by atoms with Gasteiger partial charge in [-0.1, -0.05) is 12.1 Å². The van der Waals surface area contributed by atoms with Gasteiger partial charge in [0, 0.05) is 12.6 Å². The van der Waals surface area contributed by atoms with Gasteiger partial charge in [-0.2, -0.15) is 5.26 Å². The Morgan fingerprint density at radius 3 is 2.50 bits per heavy atom. The molecule has 1 aromatic carbocycles. The smallest absolute Gasteiger partial charge is 0.235 e. The van der Waals surface area contributed by atoms with Crippen LogP contribution in [0.5, 0.6) is 5.75 Å². The average molecular weight is 327 g/mol. The summed E-state index contributed by atoms with van der Waals surface area (Å²) in [6.45, 7) is 2.93. The minimum absolute atomic E-state index is 0.0497. The maximum atomic E-state index is 12.5. The average Bonchev–Trinajstić information content (AvgIpc) is 3.46. The van der Waals surface area contributed by atoms with E-state index >= 15 is 0 Å². The van der Waals surface area contributed by atoms with Crippen molar-refractivity contribution < 1.29 is 9.53 Å². The predicted molar refractivity (Wildman–Crippen MR) is 91.3 cm³/mol. The van der Waals surface area contributed by atoms with E-state index in [0.717, 1.165) is 38.0 Å². The summed E-state index contributed by atoms with van der Waals surface area (Å²) in [6, 6.07) is 10.7. The fraction of sp³-hybridized carbons (Fsp3) is 0.579. The molecule has 1 atom stereocenters. The number of nitrogens with zero attached hydrogens (tertiary/aromatic N) is 2. The Morgan fingerprint density at radius 1 is 1.33 bits per heavy atom. The Hall–Kier alpha value is -2.06. The first kappa shape index (κ1) is 16.8. The van der Waals surface area contributed by atoms with Crippen LogP contribution in [-0.2, 0) is 11.3 Å². The minimum Gasteiger partial charge on any atom is -0.497 e. The minimum atomic E-state index is -0.716. The molecule has 1 N–H and O–H groups in total. The maximum absolute atomic E-state index is 12.5. The Kier molecular flexibility index (Phi) is 4.77. The fourth-order valence-electron chi connectivity index (χ4n) is 3.11. The lowest BCUT2D eigenvalue weighted by Crippen LogP contribution is -2.50. The number of nitriles is 1. The molecule has 2 fully saturated rings. The lowest BCUT2D eigenvalue weighted by Gasteiger charge is -2.26. The molecular formula is C19H25N3O2. The van der Waals surface area contributed by atoms with Gasteiger partial charge in [0.1, 0.15) is 11.3 Å². The van der Waals surface area contributed by atoms with Gasteiger partial charge >= 0.3 is 0 Å². The Balaban J connectivity index is 1.59. The summed E-state index contributed by atoms with van der Waals surface area (Å²) in [5, 5.41) is 12.4. The van der Waals surface area contributed by atoms with Gasteiger partial charge in [0.15, 0.2) is 0 Å². The third-order valence-corrected chi connectivity index (χ3v) is 4.98. The van der Waals surface area contributed by atoms with E-state index in [-0.39, 0.29) is 5.91 Å². The number of hydrogen-bond acceptors (Lipinski definition) is 4. The second kappa shape index (κ2) is 6.82. The molecule has 2 saturated carbocycles. The fourth-order valence-corrected chi connectivity index (χ4v) is 3.11. The zero-order valence-electron chi connectivity index (χ0n) is 14.4. The van der Waals surface area contributed by atoms with E-state index in [2.05, 4.69) is 16.3 Å². The zero-order valence-corrected chi connectivity index (χ0v) is 14.4. The summed E-state index contributed by atoms with van der Waals surface area (Å²) < 4.78 is 5.19. The molecule has 0 unspecified atom stereocenters. The molecular weight excluding hydrogens is 302 g/mol. The van der Waals surface area contributed by atoms with Crippen LogP contribution in [0.4, 0.5) is 0 Å². The number of amides is 1. The van der Waals surface area contributed by atoms with Crippen LogP contribution < -0.4 is 10.1 Å². The molecule has 2 aliphatic carbocycles. The Morgan fingerprint density at radius 2 is 2.00 bits per heavy atom. The van der Waals surface area contributed by atoms with Gasteiger partial charge in [-0.05, 0) is 56.2 Å². The van der Waals surface area contributed by atoms with Crippen molar-refractivity contribution in [3.8, 4) is 11.8 Å². The van der Waals surface area contributed by atoms with Crippen molar-refractivity contribution >= 4 is 5.91 Å². The molecule has 1 aromatic rings. The van der Waals surface area contributed by atoms with E-state index in [4.69, 9.17) is 4.74 Å². The van der Waals surface area contributed by atoms with Gasteiger partial charge in [-0.3, -0.25) is 9.69 Å². The van der Waals surface area contributed by atoms with Crippen LogP contribution in [0.3, 0.4) is 0 Å². The summed E-state index contributed by atoms with van der Waals surface area (Å²) >= 11 is 0. The van der Waals surface area contributed by atoms with Crippen LogP contribution in [0.1, 0.15) is 38.2 Å². The van der Waals surface area contributed by atoms with Crippen LogP contribution in [-0.4, -0.2) is 36.0 Å². The Labute approximate surface area is 143 Å². The summed E-state index contributed by atoms with van der Waals surface area (Å²) in [5.41, 5.74) is 0.451. The lowest BCUT2D eigenvalue weighted by molar-refractivity contribution is -0.124. The predicted octanol–water partition coefficient (Wildman–Crippen LogP) is 2.47. The monoisotopic (exact) mass is 327 g/mol. The molecule has 0 bridgehead atoms. The van der Waals surface area contributed by atoms with Gasteiger partial charge in [0.25, 0.3) is 0 Å². The molecule has 0 heterocycles. The highest BCUT2D eigenvalue weighted by Crippen LogP contribution is 2.39. The lowest BCUT2D eigenvalue weighted by atomic mass is 9.98. The van der Waals surface area contributed by atoms with Crippen molar-refractivity contribution in [1.29, 1.82) is 5.26 Å². The van der Waals surface area contributed by atoms with Gasteiger partial charge in [-0.15, -0.1) is 0 Å². The first-order valence-corrected chi connectivity index (χ1v) is 8.63. The number of carbonyl (C=O) groups is 1. The van der Waals surface area contributed by atoms with Crippen molar-refractivity contribution in [2.75, 3.05) is 13.7 Å². The zero-order chi connectivity index (χ0) is 17.2. The van der Waals surface area contributed by atoms with E-state index in [1.165, 1.54) is 5.56 Å². The van der Waals surface area contributed by atoms with Crippen LogP contribution in [0.2, 0.25) is 0 Å². The van der Waals surface area contributed by atoms with Gasteiger partial charge in [0.05, 0.1) is 19.7 Å². The standard InChI is InChI=1S/C19H25N3O2/c1-19(13-20,15-5-6-15)21-18(23)12-22(16-7-8-16)11-14-3-9-17(24-2)10-4-14/h3-4,9-10,15-16H,5-8,11-12H2,1-2H3,(H,21,23)/t19-/m1/s1. The highest BCUT2D eigenvalue weighted by atomic mass is 16.5. The maximum Gasteiger partial charge on any atom is 0.235 e. The molecule has 1 amide bonds. The van der Waals surface area contributed by atoms with E-state index in [0.29, 0.717) is 18.5 Å². The molecule has 0 spiro atoms. The first-order chi connectivity index (χ1) is 11.5. The van der Waals surface area contributed by atoms with E-state index < -0.39 is 5.54 Å². The number of ether oxygens (including phenoxy) is 1. The Bertz CT molecular complexity index is 629. The molecule has 0 aliphatic heterocycles. The van der Waals surface area contributed by atoms with Crippen LogP contribution in [0.25, 0.3) is 0 Å². The first-order valence-electron chi connectivity index (χ1n) is 8.63. The number of carbonyl (C=O) groups excluding carboxylic acids is 1. The highest BCUT2D eigenvalue weighted by molar-refractivity contribution is 5.79. The molecule has 24 heavy (non-hydrogen) atoms. The third-order valence-electron chi connectivity index (χ3n) is 4.98. The van der Waals surface area contributed by atoms with Gasteiger partial charge in [-0.25, -0.2) is 0 Å². The normalized spacial score (nSPS) is 19.4. The summed E-state index contributed by atoms with van der Waals surface area (Å²) in [4.78, 5) is 14.7. The summed E-state index contributed by atoms with van der Waals surface area (Å²) in [6.07, 6.45) is 4.34. The van der Waals surface area contributed by atoms with Crippen LogP contribution in [0, 0.1) is 17.2 Å². The molecule has 0 radical (unpaired) electrons. The summed E-state index contributed by atoms with van der Waals surface area (Å²) in [7, 11) is 1.65. The van der Waals surface area contributed by atoms with Crippen LogP contribution in [0.15, 0.2) is 24.3 Å². The largest absolute Gasteiger partial charge is 0.497 e. The number of methoxy groups -OCH3 is 1. The van der Waals surface area contributed by atoms with Crippen molar-refractivity contribution in [1.82, 2.24) is 10.2 Å². The van der Waals surface area contributed by atoms with E-state index in [1.807, 2.05) is 31.2 Å². The van der Waals surface area contributed by atoms with Gasteiger partial charge in [0.2, 0.25) is 5.91 Å². The summed E-state index contributed by atoms with van der Waals surface area (Å²) in [5.74, 6) is 1.09. The van der Waals surface area contributed by atoms with E-state index in [9.17, 15) is 10.1 Å². The van der Waals surface area contributed by atoms with Crippen LogP contribution >= 0.6 is 0 Å². The van der Waals surface area contributed by atoms with E-state index in [1.54, 1.807) is 7.11 Å². The molecule has 0 aromatic heterocycles. The quantitative estimate of drug-likeness (QED) is 0.796. The second-order valence-electron chi connectivity index (χ2n) is 7.12. The molecule has 2 aliphatic rings.